The Morgan fingerprint density at radius 1 is 1.04 bits per heavy atom. The molecule has 124 valence electrons. The number of nitrogens with zero attached hydrogens (tertiary/aromatic N) is 1. The Bertz CT molecular complexity index is 570. The number of anilines is 1. The number of rotatable bonds is 3. The van der Waals surface area contributed by atoms with Gasteiger partial charge >= 0.3 is 6.03 Å². The summed E-state index contributed by atoms with van der Waals surface area (Å²) in [5.41, 5.74) is 0.682. The first kappa shape index (κ1) is 16.1. The van der Waals surface area contributed by atoms with Crippen LogP contribution in [0.1, 0.15) is 38.5 Å². The van der Waals surface area contributed by atoms with Crippen molar-refractivity contribution in [3.8, 4) is 0 Å². The molecule has 2 N–H and O–H groups in total. The molecule has 0 radical (unpaired) electrons. The Kier molecular flexibility index (Phi) is 5.06. The van der Waals surface area contributed by atoms with Gasteiger partial charge in [0.05, 0.1) is 0 Å². The van der Waals surface area contributed by atoms with Gasteiger partial charge in [0.1, 0.15) is 6.04 Å². The van der Waals surface area contributed by atoms with Crippen LogP contribution in [0.2, 0.25) is 5.02 Å². The second kappa shape index (κ2) is 7.21. The maximum Gasteiger partial charge on any atom is 0.322 e. The minimum atomic E-state index is -0.358. The molecule has 0 aromatic heterocycles. The average Bonchev–Trinajstić information content (AvgIpc) is 3.20. The second-order valence-electron chi connectivity index (χ2n) is 6.28. The zero-order valence-corrected chi connectivity index (χ0v) is 13.8. The number of hydrogen-bond donors (Lipinski definition) is 2. The molecule has 2 fully saturated rings. The van der Waals surface area contributed by atoms with Crippen molar-refractivity contribution in [3.05, 3.63) is 29.3 Å². The number of hydrogen-bond acceptors (Lipinski definition) is 2. The summed E-state index contributed by atoms with van der Waals surface area (Å²) in [6, 6.07) is 6.66. The first-order valence-electron chi connectivity index (χ1n) is 8.27. The van der Waals surface area contributed by atoms with Crippen LogP contribution in [0.25, 0.3) is 0 Å². The second-order valence-corrected chi connectivity index (χ2v) is 6.71. The number of nitrogens with one attached hydrogen (secondary N) is 2. The summed E-state index contributed by atoms with van der Waals surface area (Å²) in [6.45, 7) is 0.613. The van der Waals surface area contributed by atoms with Gasteiger partial charge in [0.25, 0.3) is 0 Å². The molecule has 1 heterocycles. The summed E-state index contributed by atoms with van der Waals surface area (Å²) in [5.74, 6) is -0.0133. The fourth-order valence-corrected chi connectivity index (χ4v) is 3.50. The standard InChI is InChI=1S/C17H22ClN3O2/c18-12-7-9-14(10-8-12)20-17(23)21-11-3-6-15(21)16(22)19-13-4-1-2-5-13/h7-10,13,15H,1-6,11H2,(H,19,22)(H,20,23)/t15-/m1/s1. The van der Waals surface area contributed by atoms with E-state index in [0.717, 1.165) is 25.7 Å². The molecule has 1 atom stereocenters. The zero-order valence-electron chi connectivity index (χ0n) is 13.1. The van der Waals surface area contributed by atoms with Gasteiger partial charge in [-0.15, -0.1) is 0 Å². The average molecular weight is 336 g/mol. The third-order valence-electron chi connectivity index (χ3n) is 4.61. The number of urea groups is 1. The largest absolute Gasteiger partial charge is 0.352 e. The third-order valence-corrected chi connectivity index (χ3v) is 4.87. The van der Waals surface area contributed by atoms with E-state index in [1.54, 1.807) is 29.2 Å². The first-order valence-corrected chi connectivity index (χ1v) is 8.65. The molecule has 2 aliphatic rings. The normalized spacial score (nSPS) is 21.4. The Hall–Kier alpha value is -1.75. The Labute approximate surface area is 141 Å². The van der Waals surface area contributed by atoms with Gasteiger partial charge in [-0.05, 0) is 49.9 Å². The lowest BCUT2D eigenvalue weighted by Gasteiger charge is -2.25. The van der Waals surface area contributed by atoms with Crippen LogP contribution in [-0.2, 0) is 4.79 Å². The van der Waals surface area contributed by atoms with Crippen molar-refractivity contribution in [3.63, 3.8) is 0 Å². The number of amides is 3. The molecule has 3 rings (SSSR count). The lowest BCUT2D eigenvalue weighted by molar-refractivity contribution is -0.125. The molecular formula is C17H22ClN3O2. The number of halogens is 1. The molecule has 5 nitrogen and oxygen atoms in total. The lowest BCUT2D eigenvalue weighted by Crippen LogP contribution is -2.49. The van der Waals surface area contributed by atoms with Gasteiger partial charge in [0.2, 0.25) is 5.91 Å². The Morgan fingerprint density at radius 2 is 1.74 bits per heavy atom. The monoisotopic (exact) mass is 335 g/mol. The highest BCUT2D eigenvalue weighted by Crippen LogP contribution is 2.22. The van der Waals surface area contributed by atoms with Crippen LogP contribution in [0, 0.1) is 0 Å². The van der Waals surface area contributed by atoms with Gasteiger partial charge in [0, 0.05) is 23.3 Å². The molecule has 1 aromatic carbocycles. The topological polar surface area (TPSA) is 61.4 Å². The Morgan fingerprint density at radius 3 is 2.43 bits per heavy atom. The number of likely N-dealkylation sites (tertiary alicyclic amines) is 1. The minimum absolute atomic E-state index is 0.0133. The maximum atomic E-state index is 12.5. The molecule has 1 aromatic rings. The van der Waals surface area contributed by atoms with Crippen molar-refractivity contribution in [1.29, 1.82) is 0 Å². The molecule has 0 bridgehead atoms. The predicted octanol–water partition coefficient (Wildman–Crippen LogP) is 3.40. The summed E-state index contributed by atoms with van der Waals surface area (Å²) >= 11 is 5.84. The van der Waals surface area contributed by atoms with Crippen LogP contribution in [-0.4, -0.2) is 35.5 Å². The van der Waals surface area contributed by atoms with E-state index in [4.69, 9.17) is 11.6 Å². The van der Waals surface area contributed by atoms with Crippen molar-refractivity contribution in [2.75, 3.05) is 11.9 Å². The van der Waals surface area contributed by atoms with Gasteiger partial charge in [0.15, 0.2) is 0 Å². The van der Waals surface area contributed by atoms with Crippen LogP contribution in [0.3, 0.4) is 0 Å². The molecule has 6 heteroatoms. The fourth-order valence-electron chi connectivity index (χ4n) is 3.38. The van der Waals surface area contributed by atoms with Crippen molar-refractivity contribution in [1.82, 2.24) is 10.2 Å². The number of carbonyl (C=O) groups excluding carboxylic acids is 2. The summed E-state index contributed by atoms with van der Waals surface area (Å²) in [7, 11) is 0. The smallest absolute Gasteiger partial charge is 0.322 e. The zero-order chi connectivity index (χ0) is 16.2. The highest BCUT2D eigenvalue weighted by molar-refractivity contribution is 6.30. The van der Waals surface area contributed by atoms with E-state index >= 15 is 0 Å². The van der Waals surface area contributed by atoms with Crippen LogP contribution in [0.15, 0.2) is 24.3 Å². The molecule has 0 spiro atoms. The number of benzene rings is 1. The predicted molar refractivity (Wildman–Crippen MR) is 90.6 cm³/mol. The van der Waals surface area contributed by atoms with Gasteiger partial charge < -0.3 is 15.5 Å². The van der Waals surface area contributed by atoms with Gasteiger partial charge in [-0.25, -0.2) is 4.79 Å². The third kappa shape index (κ3) is 3.96. The van der Waals surface area contributed by atoms with Gasteiger partial charge in [-0.2, -0.15) is 0 Å². The molecule has 1 aliphatic heterocycles. The molecule has 1 saturated carbocycles. The van der Waals surface area contributed by atoms with E-state index in [0.29, 0.717) is 17.3 Å². The summed E-state index contributed by atoms with van der Waals surface area (Å²) < 4.78 is 0. The molecule has 1 aliphatic carbocycles. The minimum Gasteiger partial charge on any atom is -0.352 e. The van der Waals surface area contributed by atoms with Crippen molar-refractivity contribution >= 4 is 29.2 Å². The molecule has 3 amide bonds. The van der Waals surface area contributed by atoms with E-state index < -0.39 is 0 Å². The summed E-state index contributed by atoms with van der Waals surface area (Å²) in [5, 5.41) is 6.56. The summed E-state index contributed by atoms with van der Waals surface area (Å²) in [6.07, 6.45) is 6.04. The van der Waals surface area contributed by atoms with Crippen LogP contribution < -0.4 is 10.6 Å². The fraction of sp³-hybridized carbons (Fsp3) is 0.529. The van der Waals surface area contributed by atoms with Crippen LogP contribution in [0.4, 0.5) is 10.5 Å². The SMILES string of the molecule is O=C(NC1CCCC1)[C@H]1CCCN1C(=O)Nc1ccc(Cl)cc1. The van der Waals surface area contributed by atoms with E-state index in [1.807, 2.05) is 0 Å². The maximum absolute atomic E-state index is 12.5. The number of carbonyl (C=O) groups is 2. The molecular weight excluding hydrogens is 314 g/mol. The van der Waals surface area contributed by atoms with E-state index in [9.17, 15) is 9.59 Å². The molecule has 23 heavy (non-hydrogen) atoms. The Balaban J connectivity index is 1.59. The van der Waals surface area contributed by atoms with E-state index in [-0.39, 0.29) is 24.0 Å². The van der Waals surface area contributed by atoms with Crippen LogP contribution >= 0.6 is 11.6 Å². The van der Waals surface area contributed by atoms with E-state index in [2.05, 4.69) is 10.6 Å². The highest BCUT2D eigenvalue weighted by atomic mass is 35.5. The van der Waals surface area contributed by atoms with Gasteiger partial charge in [-0.1, -0.05) is 24.4 Å². The molecule has 1 saturated heterocycles. The van der Waals surface area contributed by atoms with Crippen molar-refractivity contribution in [2.45, 2.75) is 50.6 Å². The quantitative estimate of drug-likeness (QED) is 0.889. The van der Waals surface area contributed by atoms with Gasteiger partial charge in [-0.3, -0.25) is 4.79 Å². The highest BCUT2D eigenvalue weighted by Gasteiger charge is 2.35. The first-order chi connectivity index (χ1) is 11.1. The lowest BCUT2D eigenvalue weighted by atomic mass is 10.1. The van der Waals surface area contributed by atoms with E-state index in [1.165, 1.54) is 12.8 Å². The summed E-state index contributed by atoms with van der Waals surface area (Å²) in [4.78, 5) is 26.6. The van der Waals surface area contributed by atoms with Crippen LogP contribution in [0.5, 0.6) is 0 Å². The van der Waals surface area contributed by atoms with Crippen molar-refractivity contribution < 1.29 is 9.59 Å². The molecule has 0 unspecified atom stereocenters. The van der Waals surface area contributed by atoms with Crippen molar-refractivity contribution in [2.24, 2.45) is 0 Å².